The van der Waals surface area contributed by atoms with E-state index < -0.39 is 12.0 Å². The number of nitrogens with one attached hydrogen (secondary N) is 1. The lowest BCUT2D eigenvalue weighted by molar-refractivity contribution is -0.142. The van der Waals surface area contributed by atoms with E-state index in [4.69, 9.17) is 5.11 Å². The van der Waals surface area contributed by atoms with Gasteiger partial charge in [0.2, 0.25) is 5.91 Å². The molecule has 1 heterocycles. The number of nitrogens with zero attached hydrogens (tertiary/aromatic N) is 1. The van der Waals surface area contributed by atoms with Crippen molar-refractivity contribution in [3.05, 3.63) is 28.7 Å². The second kappa shape index (κ2) is 6.85. The van der Waals surface area contributed by atoms with Crippen LogP contribution in [0.15, 0.2) is 28.7 Å². The average Bonchev–Trinajstić information content (AvgIpc) is 2.88. The van der Waals surface area contributed by atoms with Gasteiger partial charge in [0.1, 0.15) is 6.04 Å². The molecule has 0 aromatic heterocycles. The number of carboxylic acid groups (broad SMARTS) is 1. The molecule has 6 heteroatoms. The summed E-state index contributed by atoms with van der Waals surface area (Å²) < 4.78 is 0.955. The Hall–Kier alpha value is -1.40. The van der Waals surface area contributed by atoms with Crippen molar-refractivity contribution in [2.24, 2.45) is 0 Å². The third-order valence-electron chi connectivity index (χ3n) is 3.40. The number of aliphatic carboxylic acids is 1. The van der Waals surface area contributed by atoms with Crippen molar-refractivity contribution < 1.29 is 14.7 Å². The largest absolute Gasteiger partial charge is 0.480 e. The van der Waals surface area contributed by atoms with Gasteiger partial charge in [-0.25, -0.2) is 0 Å². The Morgan fingerprint density at radius 2 is 2.05 bits per heavy atom. The molecule has 20 heavy (non-hydrogen) atoms. The lowest BCUT2D eigenvalue weighted by atomic mass is 10.2. The summed E-state index contributed by atoms with van der Waals surface area (Å²) in [6, 6.07) is 6.92. The Balaban J connectivity index is 1.80. The van der Waals surface area contributed by atoms with Crippen LogP contribution in [0.3, 0.4) is 0 Å². The number of carboxylic acids is 1. The van der Waals surface area contributed by atoms with Gasteiger partial charge in [-0.2, -0.15) is 0 Å². The van der Waals surface area contributed by atoms with E-state index in [0.717, 1.165) is 23.1 Å². The number of halogens is 1. The highest BCUT2D eigenvalue weighted by molar-refractivity contribution is 9.10. The summed E-state index contributed by atoms with van der Waals surface area (Å²) in [5.41, 5.74) is 0.745. The van der Waals surface area contributed by atoms with Crippen LogP contribution in [0, 0.1) is 0 Å². The third kappa shape index (κ3) is 4.05. The number of anilines is 1. The quantitative estimate of drug-likeness (QED) is 0.862. The van der Waals surface area contributed by atoms with Crippen LogP contribution in [0.5, 0.6) is 0 Å². The van der Waals surface area contributed by atoms with Gasteiger partial charge in [0, 0.05) is 23.1 Å². The average molecular weight is 341 g/mol. The molecule has 108 valence electrons. The molecule has 1 amide bonds. The molecule has 5 nitrogen and oxygen atoms in total. The highest BCUT2D eigenvalue weighted by atomic mass is 79.9. The van der Waals surface area contributed by atoms with E-state index in [9.17, 15) is 9.59 Å². The maximum Gasteiger partial charge on any atom is 0.320 e. The van der Waals surface area contributed by atoms with Crippen LogP contribution in [0.2, 0.25) is 0 Å². The number of carbonyl (C=O) groups excluding carboxylic acids is 1. The Morgan fingerprint density at radius 3 is 2.70 bits per heavy atom. The van der Waals surface area contributed by atoms with Crippen molar-refractivity contribution in [1.82, 2.24) is 4.90 Å². The minimum Gasteiger partial charge on any atom is -0.480 e. The summed E-state index contributed by atoms with van der Waals surface area (Å²) in [5, 5.41) is 11.9. The maximum atomic E-state index is 11.8. The Bertz CT molecular complexity index is 490. The molecule has 1 saturated heterocycles. The molecule has 0 unspecified atom stereocenters. The first-order valence-corrected chi connectivity index (χ1v) is 7.38. The fourth-order valence-electron chi connectivity index (χ4n) is 2.38. The number of amides is 1. The minimum absolute atomic E-state index is 0.0941. The fraction of sp³-hybridized carbons (Fsp3) is 0.429. The molecule has 1 aliphatic heterocycles. The molecule has 1 fully saturated rings. The van der Waals surface area contributed by atoms with Crippen molar-refractivity contribution in [3.63, 3.8) is 0 Å². The van der Waals surface area contributed by atoms with E-state index >= 15 is 0 Å². The summed E-state index contributed by atoms with van der Waals surface area (Å²) in [5.74, 6) is -0.890. The van der Waals surface area contributed by atoms with Gasteiger partial charge in [0.15, 0.2) is 0 Å². The Kier molecular flexibility index (Phi) is 5.14. The highest BCUT2D eigenvalue weighted by Crippen LogP contribution is 2.18. The first-order valence-electron chi connectivity index (χ1n) is 6.58. The van der Waals surface area contributed by atoms with Gasteiger partial charge in [0.05, 0.1) is 0 Å². The molecule has 1 aliphatic rings. The van der Waals surface area contributed by atoms with Gasteiger partial charge in [-0.1, -0.05) is 15.9 Å². The van der Waals surface area contributed by atoms with E-state index in [-0.39, 0.29) is 5.91 Å². The summed E-state index contributed by atoms with van der Waals surface area (Å²) in [4.78, 5) is 24.7. The molecular formula is C14H17BrN2O3. The van der Waals surface area contributed by atoms with E-state index in [1.54, 1.807) is 0 Å². The summed E-state index contributed by atoms with van der Waals surface area (Å²) in [6.45, 7) is 1.24. The highest BCUT2D eigenvalue weighted by Gasteiger charge is 2.30. The van der Waals surface area contributed by atoms with Crippen LogP contribution in [-0.2, 0) is 9.59 Å². The van der Waals surface area contributed by atoms with Crippen LogP contribution >= 0.6 is 15.9 Å². The second-order valence-corrected chi connectivity index (χ2v) is 5.75. The van der Waals surface area contributed by atoms with Crippen LogP contribution in [-0.4, -0.2) is 41.0 Å². The minimum atomic E-state index is -0.796. The van der Waals surface area contributed by atoms with Crippen LogP contribution in [0.25, 0.3) is 0 Å². The monoisotopic (exact) mass is 340 g/mol. The molecule has 2 N–H and O–H groups in total. The molecule has 0 radical (unpaired) electrons. The van der Waals surface area contributed by atoms with Gasteiger partial charge in [-0.3, -0.25) is 14.5 Å². The van der Waals surface area contributed by atoms with E-state index in [1.807, 2.05) is 29.2 Å². The molecule has 0 saturated carbocycles. The van der Waals surface area contributed by atoms with Crippen molar-refractivity contribution in [2.75, 3.05) is 18.4 Å². The van der Waals surface area contributed by atoms with Crippen LogP contribution in [0.1, 0.15) is 19.3 Å². The first kappa shape index (κ1) is 15.0. The lowest BCUT2D eigenvalue weighted by Crippen LogP contribution is -2.37. The van der Waals surface area contributed by atoms with Gasteiger partial charge in [-0.15, -0.1) is 0 Å². The Labute approximate surface area is 126 Å². The molecule has 1 aromatic rings. The van der Waals surface area contributed by atoms with Gasteiger partial charge in [-0.05, 0) is 43.7 Å². The van der Waals surface area contributed by atoms with Crippen molar-refractivity contribution in [1.29, 1.82) is 0 Å². The maximum absolute atomic E-state index is 11.8. The zero-order valence-corrected chi connectivity index (χ0v) is 12.6. The first-order chi connectivity index (χ1) is 9.56. The Morgan fingerprint density at radius 1 is 1.35 bits per heavy atom. The smallest absolute Gasteiger partial charge is 0.320 e. The molecule has 0 aliphatic carbocycles. The van der Waals surface area contributed by atoms with Crippen molar-refractivity contribution in [2.45, 2.75) is 25.3 Å². The van der Waals surface area contributed by atoms with E-state index in [0.29, 0.717) is 19.4 Å². The number of benzene rings is 1. The molecule has 0 spiro atoms. The summed E-state index contributed by atoms with van der Waals surface area (Å²) in [6.07, 6.45) is 1.86. The van der Waals surface area contributed by atoms with Crippen LogP contribution in [0.4, 0.5) is 5.69 Å². The fourth-order valence-corrected chi connectivity index (χ4v) is 2.64. The zero-order valence-electron chi connectivity index (χ0n) is 11.0. The normalized spacial score (nSPS) is 18.9. The third-order valence-corrected chi connectivity index (χ3v) is 3.93. The van der Waals surface area contributed by atoms with E-state index in [1.165, 1.54) is 0 Å². The molecule has 1 aromatic carbocycles. The topological polar surface area (TPSA) is 69.6 Å². The zero-order chi connectivity index (χ0) is 14.5. The number of likely N-dealkylation sites (tertiary alicyclic amines) is 1. The number of hydrogen-bond acceptors (Lipinski definition) is 3. The standard InChI is InChI=1S/C14H17BrN2O3/c15-10-3-5-11(6-4-10)16-13(18)7-9-17-8-1-2-12(17)14(19)20/h3-6,12H,1-2,7-9H2,(H,16,18)(H,19,20)/t12-/m0/s1. The molecule has 0 bridgehead atoms. The molecule has 2 rings (SSSR count). The van der Waals surface area contributed by atoms with Gasteiger partial charge >= 0.3 is 5.97 Å². The predicted octanol–water partition coefficient (Wildman–Crippen LogP) is 2.33. The summed E-state index contributed by atoms with van der Waals surface area (Å²) in [7, 11) is 0. The lowest BCUT2D eigenvalue weighted by Gasteiger charge is -2.20. The number of carbonyl (C=O) groups is 2. The van der Waals surface area contributed by atoms with Crippen molar-refractivity contribution >= 4 is 33.5 Å². The van der Waals surface area contributed by atoms with Crippen LogP contribution < -0.4 is 5.32 Å². The number of rotatable bonds is 5. The summed E-state index contributed by atoms with van der Waals surface area (Å²) >= 11 is 3.33. The van der Waals surface area contributed by atoms with Gasteiger partial charge in [0.25, 0.3) is 0 Å². The van der Waals surface area contributed by atoms with Gasteiger partial charge < -0.3 is 10.4 Å². The molecule has 1 atom stereocenters. The second-order valence-electron chi connectivity index (χ2n) is 4.84. The SMILES string of the molecule is O=C(CCN1CCC[C@H]1C(=O)O)Nc1ccc(Br)cc1. The van der Waals surface area contributed by atoms with E-state index in [2.05, 4.69) is 21.2 Å². The predicted molar refractivity (Wildman–Crippen MR) is 79.6 cm³/mol. The number of hydrogen-bond donors (Lipinski definition) is 2. The molecular weight excluding hydrogens is 324 g/mol. The van der Waals surface area contributed by atoms with Crippen molar-refractivity contribution in [3.8, 4) is 0 Å².